The number of hydrogen-bond donors (Lipinski definition) is 0. The van der Waals surface area contributed by atoms with Gasteiger partial charge in [-0.2, -0.15) is 0 Å². The van der Waals surface area contributed by atoms with E-state index >= 15 is 0 Å². The zero-order valence-electron chi connectivity index (χ0n) is 14.7. The Bertz CT molecular complexity index is 484. The van der Waals surface area contributed by atoms with E-state index in [1.54, 1.807) is 0 Å². The summed E-state index contributed by atoms with van der Waals surface area (Å²) in [7, 11) is 1.88. The number of hydrogen-bond acceptors (Lipinski definition) is 3. The molecule has 2 atom stereocenters. The monoisotopic (exact) mass is 317 g/mol. The van der Waals surface area contributed by atoms with Gasteiger partial charge >= 0.3 is 0 Å². The molecule has 128 valence electrons. The molecule has 0 aliphatic carbocycles. The van der Waals surface area contributed by atoms with Crippen LogP contribution in [0.1, 0.15) is 30.4 Å². The molecule has 3 rings (SSSR count). The molecule has 0 unspecified atom stereocenters. The number of rotatable bonds is 5. The van der Waals surface area contributed by atoms with E-state index < -0.39 is 0 Å². The van der Waals surface area contributed by atoms with Gasteiger partial charge in [0, 0.05) is 45.9 Å². The third-order valence-electron chi connectivity index (χ3n) is 5.49. The average molecular weight is 317 g/mol. The zero-order valence-corrected chi connectivity index (χ0v) is 14.7. The van der Waals surface area contributed by atoms with Crippen LogP contribution in [-0.2, 0) is 15.9 Å². The summed E-state index contributed by atoms with van der Waals surface area (Å²) in [5.74, 6) is 1.43. The number of methoxy groups -OCH3 is 1. The second-order valence-electron chi connectivity index (χ2n) is 7.33. The summed E-state index contributed by atoms with van der Waals surface area (Å²) >= 11 is 0. The van der Waals surface area contributed by atoms with Gasteiger partial charge in [-0.1, -0.05) is 29.8 Å². The third kappa shape index (κ3) is 4.79. The van der Waals surface area contributed by atoms with E-state index in [1.165, 1.54) is 43.6 Å². The Morgan fingerprint density at radius 1 is 1.22 bits per heavy atom. The van der Waals surface area contributed by atoms with Crippen LogP contribution in [0.25, 0.3) is 0 Å². The molecule has 3 heteroatoms. The molecule has 0 spiro atoms. The lowest BCUT2D eigenvalue weighted by atomic mass is 9.87. The second-order valence-corrected chi connectivity index (χ2v) is 7.33. The fourth-order valence-corrected chi connectivity index (χ4v) is 4.19. The molecular formula is C20H31NO2. The van der Waals surface area contributed by atoms with Crippen molar-refractivity contribution >= 4 is 0 Å². The molecule has 0 radical (unpaired) electrons. The van der Waals surface area contributed by atoms with Gasteiger partial charge in [0.05, 0.1) is 6.10 Å². The first kappa shape index (κ1) is 16.9. The molecule has 1 aromatic carbocycles. The maximum Gasteiger partial charge on any atom is 0.0627 e. The summed E-state index contributed by atoms with van der Waals surface area (Å²) in [6.45, 7) is 7.67. The molecule has 2 saturated heterocycles. The van der Waals surface area contributed by atoms with Crippen molar-refractivity contribution in [2.45, 2.75) is 38.7 Å². The molecule has 3 nitrogen and oxygen atoms in total. The minimum absolute atomic E-state index is 0.404. The van der Waals surface area contributed by atoms with Gasteiger partial charge in [-0.15, -0.1) is 0 Å². The Hall–Kier alpha value is -0.900. The summed E-state index contributed by atoms with van der Waals surface area (Å²) in [6.07, 6.45) is 5.15. The van der Waals surface area contributed by atoms with Gasteiger partial charge in [0.2, 0.25) is 0 Å². The highest BCUT2D eigenvalue weighted by molar-refractivity contribution is 5.23. The summed E-state index contributed by atoms with van der Waals surface area (Å²) in [4.78, 5) is 2.67. The maximum absolute atomic E-state index is 5.80. The van der Waals surface area contributed by atoms with E-state index in [0.29, 0.717) is 12.0 Å². The van der Waals surface area contributed by atoms with Crippen molar-refractivity contribution in [3.63, 3.8) is 0 Å². The lowest BCUT2D eigenvalue weighted by Crippen LogP contribution is -2.46. The lowest BCUT2D eigenvalue weighted by Gasteiger charge is -2.40. The van der Waals surface area contributed by atoms with Gasteiger partial charge in [-0.3, -0.25) is 0 Å². The molecule has 2 aliphatic rings. The Kier molecular flexibility index (Phi) is 6.09. The van der Waals surface area contributed by atoms with Gasteiger partial charge in [0.25, 0.3) is 0 Å². The van der Waals surface area contributed by atoms with Gasteiger partial charge in [0.15, 0.2) is 0 Å². The normalized spacial score (nSPS) is 27.2. The first-order chi connectivity index (χ1) is 11.2. The van der Waals surface area contributed by atoms with Gasteiger partial charge in [-0.05, 0) is 44.1 Å². The Labute approximate surface area is 141 Å². The number of nitrogens with zero attached hydrogens (tertiary/aromatic N) is 1. The van der Waals surface area contributed by atoms with Gasteiger partial charge < -0.3 is 14.4 Å². The largest absolute Gasteiger partial charge is 0.381 e. The van der Waals surface area contributed by atoms with E-state index in [2.05, 4.69) is 36.1 Å². The van der Waals surface area contributed by atoms with Gasteiger partial charge in [-0.25, -0.2) is 0 Å². The Balaban J connectivity index is 1.59. The van der Waals surface area contributed by atoms with Crippen LogP contribution in [0.2, 0.25) is 0 Å². The molecule has 2 aliphatic heterocycles. The minimum atomic E-state index is 0.404. The van der Waals surface area contributed by atoms with Crippen LogP contribution in [0.15, 0.2) is 24.3 Å². The van der Waals surface area contributed by atoms with Crippen molar-refractivity contribution in [1.82, 2.24) is 4.90 Å². The maximum atomic E-state index is 5.80. The summed E-state index contributed by atoms with van der Waals surface area (Å²) in [5.41, 5.74) is 2.80. The zero-order chi connectivity index (χ0) is 16.1. The lowest BCUT2D eigenvalue weighted by molar-refractivity contribution is -0.0175. The van der Waals surface area contributed by atoms with E-state index in [4.69, 9.17) is 9.47 Å². The number of ether oxygens (including phenoxy) is 2. The molecule has 0 bridgehead atoms. The van der Waals surface area contributed by atoms with Gasteiger partial charge in [0.1, 0.15) is 0 Å². The van der Waals surface area contributed by atoms with Crippen LogP contribution in [0.5, 0.6) is 0 Å². The summed E-state index contributed by atoms with van der Waals surface area (Å²) in [5, 5.41) is 0. The van der Waals surface area contributed by atoms with E-state index in [0.717, 1.165) is 32.0 Å². The summed E-state index contributed by atoms with van der Waals surface area (Å²) in [6, 6.07) is 8.94. The highest BCUT2D eigenvalue weighted by Crippen LogP contribution is 2.26. The predicted octanol–water partition coefficient (Wildman–Crippen LogP) is 3.30. The van der Waals surface area contributed by atoms with Crippen molar-refractivity contribution in [1.29, 1.82) is 0 Å². The molecule has 2 heterocycles. The first-order valence-corrected chi connectivity index (χ1v) is 9.13. The van der Waals surface area contributed by atoms with Crippen LogP contribution in [0.3, 0.4) is 0 Å². The van der Waals surface area contributed by atoms with Crippen molar-refractivity contribution in [3.05, 3.63) is 35.4 Å². The molecular weight excluding hydrogens is 286 g/mol. The Morgan fingerprint density at radius 2 is 2.04 bits per heavy atom. The molecule has 2 fully saturated rings. The van der Waals surface area contributed by atoms with Crippen molar-refractivity contribution < 1.29 is 9.47 Å². The van der Waals surface area contributed by atoms with Crippen LogP contribution < -0.4 is 0 Å². The number of piperidine rings is 1. The van der Waals surface area contributed by atoms with E-state index in [1.807, 2.05) is 7.11 Å². The van der Waals surface area contributed by atoms with E-state index in [9.17, 15) is 0 Å². The minimum Gasteiger partial charge on any atom is -0.381 e. The average Bonchev–Trinajstić information content (AvgIpc) is 2.56. The molecule has 0 N–H and O–H groups in total. The predicted molar refractivity (Wildman–Crippen MR) is 93.8 cm³/mol. The van der Waals surface area contributed by atoms with Crippen LogP contribution in [-0.4, -0.2) is 51.0 Å². The van der Waals surface area contributed by atoms with E-state index in [-0.39, 0.29) is 0 Å². The quantitative estimate of drug-likeness (QED) is 0.832. The first-order valence-electron chi connectivity index (χ1n) is 9.13. The van der Waals surface area contributed by atoms with Crippen LogP contribution >= 0.6 is 0 Å². The highest BCUT2D eigenvalue weighted by Gasteiger charge is 2.30. The molecule has 23 heavy (non-hydrogen) atoms. The Morgan fingerprint density at radius 3 is 2.78 bits per heavy atom. The summed E-state index contributed by atoms with van der Waals surface area (Å²) < 4.78 is 11.3. The molecule has 0 aromatic heterocycles. The van der Waals surface area contributed by atoms with Crippen molar-refractivity contribution in [2.75, 3.05) is 40.0 Å². The number of benzene rings is 1. The number of aryl methyl sites for hydroxylation is 1. The third-order valence-corrected chi connectivity index (χ3v) is 5.49. The highest BCUT2D eigenvalue weighted by atomic mass is 16.5. The number of likely N-dealkylation sites (tertiary alicyclic amines) is 1. The van der Waals surface area contributed by atoms with Crippen molar-refractivity contribution in [2.24, 2.45) is 11.8 Å². The smallest absolute Gasteiger partial charge is 0.0627 e. The standard InChI is InChI=1S/C20H31NO2/c1-16-4-3-5-18(12-16)13-19-15-21(9-6-20(19)22-2)14-17-7-10-23-11-8-17/h3-5,12,17,19-20H,6-11,13-15H2,1-2H3/t19-,20+/m0/s1. The molecule has 0 amide bonds. The topological polar surface area (TPSA) is 21.7 Å². The van der Waals surface area contributed by atoms with Crippen LogP contribution in [0.4, 0.5) is 0 Å². The SMILES string of the molecule is CO[C@@H]1CCN(CC2CCOCC2)C[C@@H]1Cc1cccc(C)c1. The fraction of sp³-hybridized carbons (Fsp3) is 0.700. The molecule has 1 aromatic rings. The van der Waals surface area contributed by atoms with Crippen LogP contribution in [0, 0.1) is 18.8 Å². The molecule has 0 saturated carbocycles. The van der Waals surface area contributed by atoms with Crippen molar-refractivity contribution in [3.8, 4) is 0 Å². The fourth-order valence-electron chi connectivity index (χ4n) is 4.19. The second kappa shape index (κ2) is 8.27.